The molecular formula is C25H42N4O2. The standard InChI is InChI=1S/C23H36N2O2.C2H6N2/c1-5-7-9-10-11-12-16-26-21-15-14-20(17-19(21)4)22-24-23(27-25-22)18(3)13-8-6-2;1-2(3)4/h14-15,17-18H,5-13,16H2,1-4H3;1H3,(H3,3,4)/t18-;/m0./s1. The number of aromatic nitrogens is 2. The van der Waals surface area contributed by atoms with Gasteiger partial charge < -0.3 is 15.0 Å². The van der Waals surface area contributed by atoms with Gasteiger partial charge in [-0.1, -0.05) is 70.9 Å². The first-order valence-corrected chi connectivity index (χ1v) is 11.8. The molecule has 0 unspecified atom stereocenters. The van der Waals surface area contributed by atoms with Crippen molar-refractivity contribution in [2.75, 3.05) is 6.61 Å². The highest BCUT2D eigenvalue weighted by molar-refractivity contribution is 5.73. The lowest BCUT2D eigenvalue weighted by Crippen LogP contribution is -2.00. The van der Waals surface area contributed by atoms with Crippen LogP contribution in [0.4, 0.5) is 0 Å². The van der Waals surface area contributed by atoms with E-state index in [-0.39, 0.29) is 5.84 Å². The molecule has 174 valence electrons. The van der Waals surface area contributed by atoms with E-state index in [2.05, 4.69) is 43.9 Å². The molecule has 0 saturated heterocycles. The number of hydrogen-bond donors (Lipinski definition) is 2. The molecule has 0 amide bonds. The lowest BCUT2D eigenvalue weighted by atomic mass is 10.0. The number of nitrogens with zero attached hydrogens (tertiary/aromatic N) is 2. The zero-order chi connectivity index (χ0) is 23.1. The minimum absolute atomic E-state index is 0.167. The summed E-state index contributed by atoms with van der Waals surface area (Å²) in [7, 11) is 0. The molecule has 3 N–H and O–H groups in total. The fourth-order valence-electron chi connectivity index (χ4n) is 3.20. The molecule has 1 atom stereocenters. The first kappa shape index (κ1) is 26.7. The molecule has 6 nitrogen and oxygen atoms in total. The molecule has 0 aliphatic heterocycles. The Balaban J connectivity index is 0.00000110. The Morgan fingerprint density at radius 2 is 1.74 bits per heavy atom. The van der Waals surface area contributed by atoms with Crippen molar-refractivity contribution < 1.29 is 9.26 Å². The third-order valence-corrected chi connectivity index (χ3v) is 5.04. The Morgan fingerprint density at radius 3 is 2.39 bits per heavy atom. The average Bonchev–Trinajstić information content (AvgIpc) is 3.22. The largest absolute Gasteiger partial charge is 0.493 e. The van der Waals surface area contributed by atoms with Crippen LogP contribution in [0.2, 0.25) is 0 Å². The molecule has 0 radical (unpaired) electrons. The van der Waals surface area contributed by atoms with Gasteiger partial charge >= 0.3 is 0 Å². The van der Waals surface area contributed by atoms with E-state index >= 15 is 0 Å². The summed E-state index contributed by atoms with van der Waals surface area (Å²) in [6, 6.07) is 6.13. The minimum Gasteiger partial charge on any atom is -0.493 e. The van der Waals surface area contributed by atoms with Crippen molar-refractivity contribution in [2.24, 2.45) is 5.73 Å². The van der Waals surface area contributed by atoms with Gasteiger partial charge in [-0.3, -0.25) is 5.41 Å². The van der Waals surface area contributed by atoms with E-state index in [1.54, 1.807) is 0 Å². The summed E-state index contributed by atoms with van der Waals surface area (Å²) < 4.78 is 11.4. The number of aryl methyl sites for hydroxylation is 1. The summed E-state index contributed by atoms with van der Waals surface area (Å²) >= 11 is 0. The van der Waals surface area contributed by atoms with Gasteiger partial charge in [0.05, 0.1) is 12.4 Å². The van der Waals surface area contributed by atoms with Crippen molar-refractivity contribution in [3.8, 4) is 17.1 Å². The summed E-state index contributed by atoms with van der Waals surface area (Å²) in [6.07, 6.45) is 11.1. The Labute approximate surface area is 188 Å². The van der Waals surface area contributed by atoms with Crippen LogP contribution >= 0.6 is 0 Å². The molecule has 0 aliphatic carbocycles. The van der Waals surface area contributed by atoms with Gasteiger partial charge in [0.2, 0.25) is 11.7 Å². The number of ether oxygens (including phenoxy) is 1. The summed E-state index contributed by atoms with van der Waals surface area (Å²) in [6.45, 7) is 11.0. The van der Waals surface area contributed by atoms with E-state index in [0.717, 1.165) is 42.2 Å². The predicted octanol–water partition coefficient (Wildman–Crippen LogP) is 7.02. The maximum Gasteiger partial charge on any atom is 0.229 e. The maximum atomic E-state index is 6.28. The third-order valence-electron chi connectivity index (χ3n) is 5.04. The Bertz CT molecular complexity index is 754. The Morgan fingerprint density at radius 1 is 1.10 bits per heavy atom. The zero-order valence-electron chi connectivity index (χ0n) is 20.2. The molecule has 1 aromatic heterocycles. The number of benzene rings is 1. The molecule has 2 aromatic rings. The number of hydrogen-bond acceptors (Lipinski definition) is 5. The van der Waals surface area contributed by atoms with Crippen molar-refractivity contribution in [3.05, 3.63) is 29.7 Å². The fraction of sp³-hybridized carbons (Fsp3) is 0.640. The minimum atomic E-state index is 0.167. The van der Waals surface area contributed by atoms with E-state index in [4.69, 9.17) is 20.4 Å². The van der Waals surface area contributed by atoms with Crippen LogP contribution in [0.25, 0.3) is 11.4 Å². The van der Waals surface area contributed by atoms with E-state index < -0.39 is 0 Å². The monoisotopic (exact) mass is 430 g/mol. The van der Waals surface area contributed by atoms with E-state index in [0.29, 0.717) is 11.7 Å². The molecule has 2 rings (SSSR count). The van der Waals surface area contributed by atoms with Crippen molar-refractivity contribution >= 4 is 5.84 Å². The quantitative estimate of drug-likeness (QED) is 0.202. The number of unbranched alkanes of at least 4 members (excludes halogenated alkanes) is 6. The molecular weight excluding hydrogens is 388 g/mol. The van der Waals surface area contributed by atoms with Gasteiger partial charge in [0.1, 0.15) is 5.75 Å². The summed E-state index contributed by atoms with van der Waals surface area (Å²) in [5.41, 5.74) is 6.79. The van der Waals surface area contributed by atoms with Gasteiger partial charge in [-0.05, 0) is 50.5 Å². The van der Waals surface area contributed by atoms with Crippen LogP contribution in [0.5, 0.6) is 5.75 Å². The van der Waals surface area contributed by atoms with Crippen LogP contribution in [0.3, 0.4) is 0 Å². The van der Waals surface area contributed by atoms with Crippen LogP contribution in [0, 0.1) is 12.3 Å². The molecule has 6 heteroatoms. The van der Waals surface area contributed by atoms with Crippen molar-refractivity contribution in [3.63, 3.8) is 0 Å². The van der Waals surface area contributed by atoms with Gasteiger partial charge in [-0.15, -0.1) is 0 Å². The second kappa shape index (κ2) is 15.4. The smallest absolute Gasteiger partial charge is 0.229 e. The third kappa shape index (κ3) is 11.0. The highest BCUT2D eigenvalue weighted by Crippen LogP contribution is 2.27. The highest BCUT2D eigenvalue weighted by atomic mass is 16.5. The SMILES string of the molecule is CC(=N)N.CCCCCCCCOc1ccc(-c2noc([C@@H](C)CCCC)n2)cc1C. The summed E-state index contributed by atoms with van der Waals surface area (Å²) in [5.74, 6) is 2.83. The number of nitrogens with one attached hydrogen (secondary N) is 1. The van der Waals surface area contributed by atoms with E-state index in [1.165, 1.54) is 51.9 Å². The van der Waals surface area contributed by atoms with Gasteiger partial charge in [0, 0.05) is 11.5 Å². The summed E-state index contributed by atoms with van der Waals surface area (Å²) in [4.78, 5) is 4.60. The maximum absolute atomic E-state index is 6.28. The number of nitrogens with two attached hydrogens (primary N) is 1. The van der Waals surface area contributed by atoms with Gasteiger partial charge in [-0.2, -0.15) is 4.98 Å². The molecule has 1 aromatic carbocycles. The average molecular weight is 431 g/mol. The zero-order valence-corrected chi connectivity index (χ0v) is 20.2. The van der Waals surface area contributed by atoms with Crippen LogP contribution in [-0.4, -0.2) is 22.6 Å². The van der Waals surface area contributed by atoms with Gasteiger partial charge in [0.15, 0.2) is 0 Å². The Kier molecular flexibility index (Phi) is 13.3. The summed E-state index contributed by atoms with van der Waals surface area (Å²) in [5, 5.41) is 10.4. The second-order valence-corrected chi connectivity index (χ2v) is 8.28. The molecule has 0 fully saturated rings. The fourth-order valence-corrected chi connectivity index (χ4v) is 3.20. The van der Waals surface area contributed by atoms with E-state index in [9.17, 15) is 0 Å². The van der Waals surface area contributed by atoms with Crippen LogP contribution in [0.1, 0.15) is 103 Å². The van der Waals surface area contributed by atoms with E-state index in [1.807, 2.05) is 12.1 Å². The van der Waals surface area contributed by atoms with Gasteiger partial charge in [-0.25, -0.2) is 0 Å². The molecule has 0 spiro atoms. The van der Waals surface area contributed by atoms with Crippen LogP contribution < -0.4 is 10.5 Å². The number of rotatable bonds is 13. The lowest BCUT2D eigenvalue weighted by molar-refractivity contribution is 0.302. The topological polar surface area (TPSA) is 98.0 Å². The Hall–Kier alpha value is -2.37. The van der Waals surface area contributed by atoms with Gasteiger partial charge in [0.25, 0.3) is 0 Å². The second-order valence-electron chi connectivity index (χ2n) is 8.28. The molecule has 1 heterocycles. The molecule has 0 bridgehead atoms. The lowest BCUT2D eigenvalue weighted by Gasteiger charge is -2.10. The first-order valence-electron chi connectivity index (χ1n) is 11.8. The van der Waals surface area contributed by atoms with Crippen molar-refractivity contribution in [2.45, 2.75) is 98.3 Å². The van der Waals surface area contributed by atoms with Crippen LogP contribution in [0.15, 0.2) is 22.7 Å². The molecule has 0 saturated carbocycles. The van der Waals surface area contributed by atoms with Crippen LogP contribution in [-0.2, 0) is 0 Å². The normalized spacial score (nSPS) is 11.5. The first-order chi connectivity index (χ1) is 14.9. The molecule has 0 aliphatic rings. The van der Waals surface area contributed by atoms with Crippen molar-refractivity contribution in [1.29, 1.82) is 5.41 Å². The van der Waals surface area contributed by atoms with Crippen molar-refractivity contribution in [1.82, 2.24) is 10.1 Å². The molecule has 31 heavy (non-hydrogen) atoms. The predicted molar refractivity (Wildman–Crippen MR) is 129 cm³/mol. The number of amidine groups is 1. The highest BCUT2D eigenvalue weighted by Gasteiger charge is 2.15.